The lowest BCUT2D eigenvalue weighted by Crippen LogP contribution is -2.43. The molecule has 1 unspecified atom stereocenters. The maximum atomic E-state index is 12.5. The zero-order chi connectivity index (χ0) is 18.5. The molecule has 1 aromatic heterocycles. The van der Waals surface area contributed by atoms with E-state index < -0.39 is 12.0 Å². The Hall–Kier alpha value is -2.12. The molecule has 0 radical (unpaired) electrons. The summed E-state index contributed by atoms with van der Waals surface area (Å²) in [5.41, 5.74) is -0.102. The van der Waals surface area contributed by atoms with E-state index in [1.807, 2.05) is 13.8 Å². The number of hydrogen-bond donors (Lipinski definition) is 1. The molecule has 0 aromatic carbocycles. The first-order chi connectivity index (χ1) is 12.4. The molecule has 2 saturated heterocycles. The SMILES string of the molecule is CC(C)c1nc(N2CCC3(CC2)CC(C(=O)O)N(C(=O)C2CC2)C3)no1. The number of carbonyl (C=O) groups excluding carboxylic acids is 1. The van der Waals surface area contributed by atoms with Crippen LogP contribution in [0, 0.1) is 11.3 Å². The van der Waals surface area contributed by atoms with Crippen molar-refractivity contribution in [1.29, 1.82) is 0 Å². The van der Waals surface area contributed by atoms with Gasteiger partial charge in [0.2, 0.25) is 11.8 Å². The first-order valence-corrected chi connectivity index (χ1v) is 9.50. The molecule has 1 amide bonds. The zero-order valence-electron chi connectivity index (χ0n) is 15.3. The van der Waals surface area contributed by atoms with Gasteiger partial charge < -0.3 is 19.4 Å². The second-order valence-corrected chi connectivity index (χ2v) is 8.37. The molecule has 2 aliphatic heterocycles. The monoisotopic (exact) mass is 362 g/mol. The Morgan fingerprint density at radius 3 is 2.50 bits per heavy atom. The minimum Gasteiger partial charge on any atom is -0.480 e. The van der Waals surface area contributed by atoms with Crippen molar-refractivity contribution < 1.29 is 19.2 Å². The number of carboxylic acids is 1. The van der Waals surface area contributed by atoms with E-state index in [4.69, 9.17) is 4.52 Å². The summed E-state index contributed by atoms with van der Waals surface area (Å²) < 4.78 is 5.29. The standard InChI is InChI=1S/C18H26N4O4/c1-11(2)14-19-17(20-26-14)21-7-5-18(6-8-21)9-13(16(24)25)22(10-18)15(23)12-3-4-12/h11-13H,3-10H2,1-2H3,(H,24,25). The molecule has 1 aliphatic carbocycles. The van der Waals surface area contributed by atoms with Crippen LogP contribution in [0.1, 0.15) is 57.8 Å². The van der Waals surface area contributed by atoms with Gasteiger partial charge >= 0.3 is 5.97 Å². The fourth-order valence-electron chi connectivity index (χ4n) is 4.21. The van der Waals surface area contributed by atoms with Gasteiger partial charge in [0.15, 0.2) is 0 Å². The van der Waals surface area contributed by atoms with Crippen molar-refractivity contribution >= 4 is 17.8 Å². The molecule has 1 saturated carbocycles. The van der Waals surface area contributed by atoms with Gasteiger partial charge in [0.25, 0.3) is 5.95 Å². The van der Waals surface area contributed by atoms with Crippen molar-refractivity contribution in [1.82, 2.24) is 15.0 Å². The second kappa shape index (κ2) is 6.25. The fraction of sp³-hybridized carbons (Fsp3) is 0.778. The zero-order valence-corrected chi connectivity index (χ0v) is 15.3. The summed E-state index contributed by atoms with van der Waals surface area (Å²) in [6.45, 7) is 6.11. The first-order valence-electron chi connectivity index (χ1n) is 9.50. The van der Waals surface area contributed by atoms with Gasteiger partial charge in [-0.15, -0.1) is 0 Å². The predicted octanol–water partition coefficient (Wildman–Crippen LogP) is 1.88. The Bertz CT molecular complexity index is 704. The maximum absolute atomic E-state index is 12.5. The van der Waals surface area contributed by atoms with Crippen LogP contribution in [0.5, 0.6) is 0 Å². The molecule has 8 nitrogen and oxygen atoms in total. The Labute approximate surface area is 152 Å². The highest BCUT2D eigenvalue weighted by Crippen LogP contribution is 2.46. The van der Waals surface area contributed by atoms with E-state index in [0.717, 1.165) is 38.8 Å². The quantitative estimate of drug-likeness (QED) is 0.873. The molecule has 4 rings (SSSR count). The van der Waals surface area contributed by atoms with Crippen LogP contribution in [0.3, 0.4) is 0 Å². The topological polar surface area (TPSA) is 99.8 Å². The molecule has 3 fully saturated rings. The van der Waals surface area contributed by atoms with Gasteiger partial charge in [0, 0.05) is 31.5 Å². The van der Waals surface area contributed by atoms with Crippen molar-refractivity contribution in [2.45, 2.75) is 57.9 Å². The Morgan fingerprint density at radius 1 is 1.27 bits per heavy atom. The summed E-state index contributed by atoms with van der Waals surface area (Å²) in [5.74, 6) is 0.659. The third-order valence-corrected chi connectivity index (χ3v) is 6.03. The number of nitrogens with zero attached hydrogens (tertiary/aromatic N) is 4. The number of aliphatic carboxylic acids is 1. The van der Waals surface area contributed by atoms with E-state index in [0.29, 0.717) is 24.8 Å². The molecular weight excluding hydrogens is 336 g/mol. The minimum atomic E-state index is -0.877. The maximum Gasteiger partial charge on any atom is 0.326 e. The smallest absolute Gasteiger partial charge is 0.326 e. The second-order valence-electron chi connectivity index (χ2n) is 8.37. The summed E-state index contributed by atoms with van der Waals surface area (Å²) in [6, 6.07) is -0.674. The summed E-state index contributed by atoms with van der Waals surface area (Å²) >= 11 is 0. The molecule has 3 heterocycles. The lowest BCUT2D eigenvalue weighted by atomic mass is 9.76. The summed E-state index contributed by atoms with van der Waals surface area (Å²) in [7, 11) is 0. The number of aromatic nitrogens is 2. The van der Waals surface area contributed by atoms with E-state index in [9.17, 15) is 14.7 Å². The van der Waals surface area contributed by atoms with Crippen molar-refractivity contribution in [2.24, 2.45) is 11.3 Å². The Balaban J connectivity index is 1.44. The van der Waals surface area contributed by atoms with Crippen LogP contribution in [0.15, 0.2) is 4.52 Å². The van der Waals surface area contributed by atoms with Gasteiger partial charge in [-0.25, -0.2) is 4.79 Å². The highest BCUT2D eigenvalue weighted by molar-refractivity contribution is 5.87. The van der Waals surface area contributed by atoms with Gasteiger partial charge in [-0.05, 0) is 42.7 Å². The van der Waals surface area contributed by atoms with E-state index in [-0.39, 0.29) is 23.2 Å². The van der Waals surface area contributed by atoms with Crippen LogP contribution >= 0.6 is 0 Å². The molecule has 0 bridgehead atoms. The molecule has 1 N–H and O–H groups in total. The van der Waals surface area contributed by atoms with E-state index in [1.165, 1.54) is 0 Å². The number of amides is 1. The number of carbonyl (C=O) groups is 2. The molecule has 3 aliphatic rings. The lowest BCUT2D eigenvalue weighted by Gasteiger charge is -2.38. The third-order valence-electron chi connectivity index (χ3n) is 6.03. The van der Waals surface area contributed by atoms with Gasteiger partial charge in [-0.1, -0.05) is 13.8 Å². The average molecular weight is 362 g/mol. The van der Waals surface area contributed by atoms with Crippen LogP contribution < -0.4 is 4.90 Å². The summed E-state index contributed by atoms with van der Waals surface area (Å²) in [4.78, 5) is 32.4. The van der Waals surface area contributed by atoms with Crippen LogP contribution in [0.2, 0.25) is 0 Å². The van der Waals surface area contributed by atoms with Crippen LogP contribution in [0.25, 0.3) is 0 Å². The summed E-state index contributed by atoms with van der Waals surface area (Å²) in [6.07, 6.45) is 4.04. The van der Waals surface area contributed by atoms with E-state index in [2.05, 4.69) is 15.0 Å². The molecule has 8 heteroatoms. The largest absolute Gasteiger partial charge is 0.480 e. The van der Waals surface area contributed by atoms with Crippen molar-refractivity contribution in [3.63, 3.8) is 0 Å². The molecule has 142 valence electrons. The Kier molecular flexibility index (Phi) is 4.16. The van der Waals surface area contributed by atoms with E-state index in [1.54, 1.807) is 4.90 Å². The number of carboxylic acid groups (broad SMARTS) is 1. The van der Waals surface area contributed by atoms with Crippen molar-refractivity contribution in [2.75, 3.05) is 24.5 Å². The molecule has 1 spiro atoms. The fourth-order valence-corrected chi connectivity index (χ4v) is 4.21. The van der Waals surface area contributed by atoms with Gasteiger partial charge in [-0.3, -0.25) is 4.79 Å². The van der Waals surface area contributed by atoms with Gasteiger partial charge in [0.1, 0.15) is 6.04 Å². The Morgan fingerprint density at radius 2 is 1.96 bits per heavy atom. The highest BCUT2D eigenvalue weighted by Gasteiger charge is 2.52. The molecule has 1 aromatic rings. The van der Waals surface area contributed by atoms with Crippen LogP contribution in [-0.2, 0) is 9.59 Å². The van der Waals surface area contributed by atoms with Gasteiger partial charge in [-0.2, -0.15) is 4.98 Å². The lowest BCUT2D eigenvalue weighted by molar-refractivity contribution is -0.148. The minimum absolute atomic E-state index is 0.0384. The number of hydrogen-bond acceptors (Lipinski definition) is 6. The predicted molar refractivity (Wildman–Crippen MR) is 92.7 cm³/mol. The molecule has 26 heavy (non-hydrogen) atoms. The van der Waals surface area contributed by atoms with Crippen LogP contribution in [0.4, 0.5) is 5.95 Å². The number of anilines is 1. The number of likely N-dealkylation sites (tertiary alicyclic amines) is 1. The molecule has 1 atom stereocenters. The number of rotatable bonds is 4. The third kappa shape index (κ3) is 3.05. The first kappa shape index (κ1) is 17.3. The van der Waals surface area contributed by atoms with Gasteiger partial charge in [0.05, 0.1) is 0 Å². The summed E-state index contributed by atoms with van der Waals surface area (Å²) in [5, 5.41) is 13.7. The average Bonchev–Trinajstić information content (AvgIpc) is 3.21. The molecular formula is C18H26N4O4. The van der Waals surface area contributed by atoms with Crippen LogP contribution in [-0.4, -0.2) is 57.7 Å². The van der Waals surface area contributed by atoms with Crippen molar-refractivity contribution in [3.8, 4) is 0 Å². The van der Waals surface area contributed by atoms with E-state index >= 15 is 0 Å². The highest BCUT2D eigenvalue weighted by atomic mass is 16.5. The normalized spacial score (nSPS) is 25.3. The number of piperidine rings is 1. The van der Waals surface area contributed by atoms with Crippen molar-refractivity contribution in [3.05, 3.63) is 5.89 Å².